The normalized spacial score (nSPS) is 23.7. The van der Waals surface area contributed by atoms with E-state index in [2.05, 4.69) is 34.5 Å². The number of rotatable bonds is 6. The molecule has 1 saturated heterocycles. The third kappa shape index (κ3) is 3.02. The Morgan fingerprint density at radius 2 is 1.95 bits per heavy atom. The van der Waals surface area contributed by atoms with E-state index in [1.54, 1.807) is 0 Å². The van der Waals surface area contributed by atoms with Gasteiger partial charge in [-0.25, -0.2) is 0 Å². The Bertz CT molecular complexity index is 441. The van der Waals surface area contributed by atoms with Crippen molar-refractivity contribution in [1.82, 2.24) is 20.0 Å². The molecule has 3 rings (SSSR count). The molecule has 0 aromatic carbocycles. The minimum atomic E-state index is 0.379. The summed E-state index contributed by atoms with van der Waals surface area (Å²) >= 11 is 0. The minimum Gasteiger partial charge on any atom is -0.312 e. The van der Waals surface area contributed by atoms with E-state index in [9.17, 15) is 0 Å². The smallest absolute Gasteiger partial charge is 0.0640 e. The second kappa shape index (κ2) is 6.49. The van der Waals surface area contributed by atoms with Crippen molar-refractivity contribution in [2.45, 2.75) is 63.5 Å². The van der Waals surface area contributed by atoms with Crippen LogP contribution < -0.4 is 5.32 Å². The lowest BCUT2D eigenvalue weighted by Crippen LogP contribution is -2.60. The molecule has 0 spiro atoms. The minimum absolute atomic E-state index is 0.379. The number of likely N-dealkylation sites (N-methyl/N-ethyl adjacent to an activating group) is 1. The highest BCUT2D eigenvalue weighted by molar-refractivity contribution is 5.11. The molecule has 0 amide bonds. The van der Waals surface area contributed by atoms with Crippen LogP contribution in [0, 0.1) is 0 Å². The number of hydrogen-bond donors (Lipinski definition) is 1. The van der Waals surface area contributed by atoms with Gasteiger partial charge in [0.2, 0.25) is 0 Å². The molecule has 1 atom stereocenters. The maximum absolute atomic E-state index is 4.62. The van der Waals surface area contributed by atoms with Crippen LogP contribution in [0.2, 0.25) is 0 Å². The fourth-order valence-corrected chi connectivity index (χ4v) is 4.51. The highest BCUT2D eigenvalue weighted by Crippen LogP contribution is 2.40. The third-order valence-electron chi connectivity index (χ3n) is 5.49. The Balaban J connectivity index is 1.81. The molecule has 2 fully saturated rings. The summed E-state index contributed by atoms with van der Waals surface area (Å²) in [5.41, 5.74) is 1.61. The number of likely N-dealkylation sites (tertiary alicyclic amines) is 1. The number of nitrogens with one attached hydrogen (secondary N) is 1. The summed E-state index contributed by atoms with van der Waals surface area (Å²) in [5.74, 6) is 0. The molecule has 1 saturated carbocycles. The fourth-order valence-electron chi connectivity index (χ4n) is 4.51. The van der Waals surface area contributed by atoms with E-state index in [1.807, 2.05) is 11.7 Å². The van der Waals surface area contributed by atoms with Gasteiger partial charge in [-0.3, -0.25) is 9.58 Å². The van der Waals surface area contributed by atoms with Gasteiger partial charge in [0.25, 0.3) is 0 Å². The van der Waals surface area contributed by atoms with Gasteiger partial charge < -0.3 is 5.32 Å². The van der Waals surface area contributed by atoms with E-state index in [4.69, 9.17) is 0 Å². The van der Waals surface area contributed by atoms with Gasteiger partial charge in [-0.2, -0.15) is 5.10 Å². The van der Waals surface area contributed by atoms with Crippen molar-refractivity contribution in [3.8, 4) is 0 Å². The van der Waals surface area contributed by atoms with Crippen LogP contribution in [0.15, 0.2) is 12.3 Å². The van der Waals surface area contributed by atoms with Gasteiger partial charge in [0.05, 0.1) is 5.69 Å². The topological polar surface area (TPSA) is 33.1 Å². The standard InChI is InChI=1S/C17H30N4/c1-3-18-16(14-15-8-13-20(2)19-15)17(9-4-5-10-17)21-11-6-7-12-21/h8,13,16,18H,3-7,9-12,14H2,1-2H3. The van der Waals surface area contributed by atoms with Crippen LogP contribution in [0.5, 0.6) is 0 Å². The lowest BCUT2D eigenvalue weighted by atomic mass is 9.83. The molecule has 21 heavy (non-hydrogen) atoms. The largest absolute Gasteiger partial charge is 0.312 e. The summed E-state index contributed by atoms with van der Waals surface area (Å²) in [5, 5.41) is 8.43. The molecule has 4 heteroatoms. The first kappa shape index (κ1) is 15.0. The van der Waals surface area contributed by atoms with Crippen molar-refractivity contribution in [2.24, 2.45) is 7.05 Å². The van der Waals surface area contributed by atoms with Crippen LogP contribution in [0.4, 0.5) is 0 Å². The summed E-state index contributed by atoms with van der Waals surface area (Å²) in [4.78, 5) is 2.80. The molecule has 118 valence electrons. The predicted molar refractivity (Wildman–Crippen MR) is 86.4 cm³/mol. The zero-order valence-electron chi connectivity index (χ0n) is 13.6. The molecule has 1 aliphatic heterocycles. The Labute approximate surface area is 128 Å². The molecule has 4 nitrogen and oxygen atoms in total. The molecule has 2 aliphatic rings. The monoisotopic (exact) mass is 290 g/mol. The summed E-state index contributed by atoms with van der Waals surface area (Å²) in [7, 11) is 2.01. The lowest BCUT2D eigenvalue weighted by molar-refractivity contribution is 0.0768. The molecular weight excluding hydrogens is 260 g/mol. The van der Waals surface area contributed by atoms with Gasteiger partial charge in [0.1, 0.15) is 0 Å². The van der Waals surface area contributed by atoms with E-state index in [0.717, 1.165) is 13.0 Å². The molecule has 1 aromatic rings. The Morgan fingerprint density at radius 3 is 2.52 bits per heavy atom. The van der Waals surface area contributed by atoms with Crippen LogP contribution >= 0.6 is 0 Å². The molecule has 0 bridgehead atoms. The zero-order chi connectivity index (χ0) is 14.7. The van der Waals surface area contributed by atoms with E-state index in [-0.39, 0.29) is 0 Å². The number of hydrogen-bond acceptors (Lipinski definition) is 3. The van der Waals surface area contributed by atoms with Gasteiger partial charge in [0.15, 0.2) is 0 Å². The number of aromatic nitrogens is 2. The molecular formula is C17H30N4. The van der Waals surface area contributed by atoms with Crippen molar-refractivity contribution >= 4 is 0 Å². The summed E-state index contributed by atoms with van der Waals surface area (Å²) in [6, 6.07) is 2.72. The fraction of sp³-hybridized carbons (Fsp3) is 0.824. The Morgan fingerprint density at radius 1 is 1.24 bits per heavy atom. The first-order valence-electron chi connectivity index (χ1n) is 8.71. The van der Waals surface area contributed by atoms with Crippen molar-refractivity contribution < 1.29 is 0 Å². The summed E-state index contributed by atoms with van der Waals surface area (Å²) < 4.78 is 1.93. The van der Waals surface area contributed by atoms with Crippen molar-refractivity contribution in [3.63, 3.8) is 0 Å². The first-order chi connectivity index (χ1) is 10.2. The van der Waals surface area contributed by atoms with Crippen LogP contribution in [-0.4, -0.2) is 45.9 Å². The number of nitrogens with zero attached hydrogens (tertiary/aromatic N) is 3. The summed E-state index contributed by atoms with van der Waals surface area (Å²) in [6.45, 7) is 5.87. The third-order valence-corrected chi connectivity index (χ3v) is 5.49. The Hall–Kier alpha value is -0.870. The second-order valence-corrected chi connectivity index (χ2v) is 6.80. The van der Waals surface area contributed by atoms with Crippen molar-refractivity contribution in [3.05, 3.63) is 18.0 Å². The van der Waals surface area contributed by atoms with Gasteiger partial charge in [-0.05, 0) is 51.4 Å². The van der Waals surface area contributed by atoms with Crippen LogP contribution in [-0.2, 0) is 13.5 Å². The van der Waals surface area contributed by atoms with Crippen molar-refractivity contribution in [1.29, 1.82) is 0 Å². The molecule has 0 radical (unpaired) electrons. The first-order valence-corrected chi connectivity index (χ1v) is 8.71. The molecule has 1 N–H and O–H groups in total. The van der Waals surface area contributed by atoms with E-state index in [1.165, 1.54) is 57.3 Å². The van der Waals surface area contributed by atoms with Gasteiger partial charge in [-0.15, -0.1) is 0 Å². The second-order valence-electron chi connectivity index (χ2n) is 6.80. The molecule has 1 unspecified atom stereocenters. The average Bonchev–Trinajstić information content (AvgIpc) is 3.20. The zero-order valence-corrected chi connectivity index (χ0v) is 13.6. The molecule has 2 heterocycles. The average molecular weight is 290 g/mol. The highest BCUT2D eigenvalue weighted by atomic mass is 15.3. The van der Waals surface area contributed by atoms with Crippen LogP contribution in [0.1, 0.15) is 51.1 Å². The molecule has 1 aromatic heterocycles. The Kier molecular flexibility index (Phi) is 4.65. The van der Waals surface area contributed by atoms with E-state index >= 15 is 0 Å². The van der Waals surface area contributed by atoms with E-state index < -0.39 is 0 Å². The van der Waals surface area contributed by atoms with Crippen molar-refractivity contribution in [2.75, 3.05) is 19.6 Å². The SMILES string of the molecule is CCNC(Cc1ccn(C)n1)C1(N2CCCC2)CCCC1. The van der Waals surface area contributed by atoms with E-state index in [0.29, 0.717) is 11.6 Å². The van der Waals surface area contributed by atoms with Gasteiger partial charge in [-0.1, -0.05) is 19.8 Å². The van der Waals surface area contributed by atoms with Gasteiger partial charge in [0, 0.05) is 31.2 Å². The number of aryl methyl sites for hydroxylation is 1. The lowest BCUT2D eigenvalue weighted by Gasteiger charge is -2.45. The predicted octanol–water partition coefficient (Wildman–Crippen LogP) is 2.35. The van der Waals surface area contributed by atoms with Crippen LogP contribution in [0.3, 0.4) is 0 Å². The quantitative estimate of drug-likeness (QED) is 0.873. The maximum Gasteiger partial charge on any atom is 0.0640 e. The van der Waals surface area contributed by atoms with Crippen LogP contribution in [0.25, 0.3) is 0 Å². The maximum atomic E-state index is 4.62. The van der Waals surface area contributed by atoms with Gasteiger partial charge >= 0.3 is 0 Å². The summed E-state index contributed by atoms with van der Waals surface area (Å²) in [6.07, 6.45) is 11.4. The highest BCUT2D eigenvalue weighted by Gasteiger charge is 2.46. The molecule has 1 aliphatic carbocycles.